The predicted molar refractivity (Wildman–Crippen MR) is 76.5 cm³/mol. The number of halogens is 3. The van der Waals surface area contributed by atoms with Crippen LogP contribution < -0.4 is 9.46 Å². The van der Waals surface area contributed by atoms with E-state index in [1.807, 2.05) is 0 Å². The van der Waals surface area contributed by atoms with E-state index in [2.05, 4.69) is 4.74 Å². The number of carbonyl (C=O) groups excluding carboxylic acids is 1. The van der Waals surface area contributed by atoms with Crippen molar-refractivity contribution in [3.63, 3.8) is 0 Å². The fourth-order valence-electron chi connectivity index (χ4n) is 1.72. The molecular formula is C13H16F3NO6S. The monoisotopic (exact) mass is 371 g/mol. The molecule has 1 rings (SSSR count). The molecule has 0 aromatic heterocycles. The average molecular weight is 371 g/mol. The Bertz CT molecular complexity index is 659. The molecule has 136 valence electrons. The molecule has 7 nitrogen and oxygen atoms in total. The molecule has 24 heavy (non-hydrogen) atoms. The van der Waals surface area contributed by atoms with Gasteiger partial charge in [0.05, 0.1) is 19.8 Å². The Labute approximate surface area is 136 Å². The van der Waals surface area contributed by atoms with E-state index in [-0.39, 0.29) is 12.2 Å². The molecule has 0 saturated heterocycles. The van der Waals surface area contributed by atoms with E-state index in [9.17, 15) is 31.5 Å². The minimum Gasteiger partial charge on any atom is -0.497 e. The van der Waals surface area contributed by atoms with Crippen LogP contribution in [0.15, 0.2) is 24.3 Å². The van der Waals surface area contributed by atoms with E-state index in [0.717, 1.165) is 0 Å². The number of alkyl halides is 3. The number of nitrogens with one attached hydrogen (secondary N) is 1. The summed E-state index contributed by atoms with van der Waals surface area (Å²) in [6.45, 7) is 1.28. The van der Waals surface area contributed by atoms with Gasteiger partial charge in [0.2, 0.25) is 0 Å². The standard InChI is InChI=1S/C13H16F3NO6S/c1-3-23-12(19)11(18)10(17-24(20,21)13(14,15)16)8-4-6-9(22-2)7-5-8/h4-7,10-11,17-18H,3H2,1-2H3/t10-,11-/m0/s1. The van der Waals surface area contributed by atoms with Crippen molar-refractivity contribution in [2.75, 3.05) is 13.7 Å². The van der Waals surface area contributed by atoms with Crippen LogP contribution in [-0.4, -0.2) is 44.8 Å². The summed E-state index contributed by atoms with van der Waals surface area (Å²) in [5.41, 5.74) is -5.68. The molecular weight excluding hydrogens is 355 g/mol. The summed E-state index contributed by atoms with van der Waals surface area (Å²) in [5.74, 6) is -0.912. The van der Waals surface area contributed by atoms with Crippen LogP contribution in [0.3, 0.4) is 0 Å². The maximum absolute atomic E-state index is 12.6. The number of ether oxygens (including phenoxy) is 2. The first-order valence-corrected chi connectivity index (χ1v) is 8.09. The van der Waals surface area contributed by atoms with Gasteiger partial charge in [0.1, 0.15) is 5.75 Å². The lowest BCUT2D eigenvalue weighted by molar-refractivity contribution is -0.154. The molecule has 11 heteroatoms. The number of hydrogen-bond donors (Lipinski definition) is 2. The molecule has 2 N–H and O–H groups in total. The van der Waals surface area contributed by atoms with Crippen molar-refractivity contribution in [3.05, 3.63) is 29.8 Å². The summed E-state index contributed by atoms with van der Waals surface area (Å²) in [5, 5.41) is 9.92. The number of aliphatic hydroxyl groups is 1. The largest absolute Gasteiger partial charge is 0.511 e. The van der Waals surface area contributed by atoms with Gasteiger partial charge in [-0.1, -0.05) is 12.1 Å². The molecule has 0 fully saturated rings. The van der Waals surface area contributed by atoms with Gasteiger partial charge >= 0.3 is 21.5 Å². The molecule has 0 aliphatic carbocycles. The Morgan fingerprint density at radius 3 is 2.25 bits per heavy atom. The summed E-state index contributed by atoms with van der Waals surface area (Å²) in [7, 11) is -4.45. The normalized spacial score (nSPS) is 14.8. The zero-order valence-electron chi connectivity index (χ0n) is 12.7. The minimum atomic E-state index is -5.80. The number of carbonyl (C=O) groups is 1. The fraction of sp³-hybridized carbons (Fsp3) is 0.462. The minimum absolute atomic E-state index is 0.0795. The summed E-state index contributed by atoms with van der Waals surface area (Å²) in [6.07, 6.45) is -2.17. The van der Waals surface area contributed by atoms with Crippen molar-refractivity contribution in [2.24, 2.45) is 0 Å². The summed E-state index contributed by atoms with van der Waals surface area (Å²) in [6, 6.07) is 3.21. The Kier molecular flexibility index (Phi) is 6.58. The maximum Gasteiger partial charge on any atom is 0.511 e. The number of hydrogen-bond acceptors (Lipinski definition) is 6. The number of esters is 1. The van der Waals surface area contributed by atoms with E-state index < -0.39 is 33.6 Å². The number of sulfonamides is 1. The third-order valence-corrected chi connectivity index (χ3v) is 4.08. The lowest BCUT2D eigenvalue weighted by atomic mass is 10.0. The molecule has 2 atom stereocenters. The van der Waals surface area contributed by atoms with Gasteiger partial charge in [-0.25, -0.2) is 13.2 Å². The van der Waals surface area contributed by atoms with Gasteiger partial charge in [-0.3, -0.25) is 0 Å². The average Bonchev–Trinajstić information content (AvgIpc) is 2.51. The zero-order chi connectivity index (χ0) is 18.5. The zero-order valence-corrected chi connectivity index (χ0v) is 13.5. The maximum atomic E-state index is 12.6. The van der Waals surface area contributed by atoms with Crippen molar-refractivity contribution in [1.82, 2.24) is 4.72 Å². The highest BCUT2D eigenvalue weighted by atomic mass is 32.2. The molecule has 1 aromatic rings. The van der Waals surface area contributed by atoms with Crippen LogP contribution in [0.4, 0.5) is 13.2 Å². The first-order valence-electron chi connectivity index (χ1n) is 6.60. The van der Waals surface area contributed by atoms with Crippen LogP contribution in [-0.2, 0) is 19.6 Å². The molecule has 0 aliphatic heterocycles. The van der Waals surface area contributed by atoms with E-state index in [1.54, 1.807) is 0 Å². The topological polar surface area (TPSA) is 102 Å². The highest BCUT2D eigenvalue weighted by molar-refractivity contribution is 7.90. The Morgan fingerprint density at radius 2 is 1.83 bits per heavy atom. The second kappa shape index (κ2) is 7.81. The molecule has 0 bridgehead atoms. The third kappa shape index (κ3) is 4.82. The Morgan fingerprint density at radius 1 is 1.29 bits per heavy atom. The molecule has 1 aromatic carbocycles. The molecule has 0 spiro atoms. The van der Waals surface area contributed by atoms with Gasteiger partial charge < -0.3 is 14.6 Å². The third-order valence-electron chi connectivity index (χ3n) is 2.91. The molecule has 0 aliphatic rings. The highest BCUT2D eigenvalue weighted by Crippen LogP contribution is 2.28. The number of rotatable bonds is 7. The summed E-state index contributed by atoms with van der Waals surface area (Å²) < 4.78 is 71.0. The van der Waals surface area contributed by atoms with Crippen LogP contribution >= 0.6 is 0 Å². The van der Waals surface area contributed by atoms with E-state index in [4.69, 9.17) is 4.74 Å². The van der Waals surface area contributed by atoms with Crippen LogP contribution in [0.5, 0.6) is 5.75 Å². The molecule has 0 amide bonds. The summed E-state index contributed by atoms with van der Waals surface area (Å²) >= 11 is 0. The first-order chi connectivity index (χ1) is 11.0. The van der Waals surface area contributed by atoms with Crippen LogP contribution in [0, 0.1) is 0 Å². The lowest BCUT2D eigenvalue weighted by Gasteiger charge is -2.23. The van der Waals surface area contributed by atoms with Gasteiger partial charge in [0.25, 0.3) is 0 Å². The van der Waals surface area contributed by atoms with Crippen LogP contribution in [0.1, 0.15) is 18.5 Å². The van der Waals surface area contributed by atoms with Gasteiger partial charge in [0, 0.05) is 0 Å². The quantitative estimate of drug-likeness (QED) is 0.696. The van der Waals surface area contributed by atoms with E-state index >= 15 is 0 Å². The lowest BCUT2D eigenvalue weighted by Crippen LogP contribution is -2.45. The van der Waals surface area contributed by atoms with Gasteiger partial charge in [-0.05, 0) is 24.6 Å². The van der Waals surface area contributed by atoms with Gasteiger partial charge in [-0.2, -0.15) is 17.9 Å². The van der Waals surface area contributed by atoms with Crippen molar-refractivity contribution >= 4 is 16.0 Å². The molecule has 0 heterocycles. The van der Waals surface area contributed by atoms with Crippen LogP contribution in [0.2, 0.25) is 0 Å². The second-order valence-corrected chi connectivity index (χ2v) is 6.22. The number of methoxy groups -OCH3 is 1. The Balaban J connectivity index is 3.23. The Hall–Kier alpha value is -1.85. The van der Waals surface area contributed by atoms with Crippen LogP contribution in [0.25, 0.3) is 0 Å². The molecule has 0 radical (unpaired) electrons. The smallest absolute Gasteiger partial charge is 0.497 e. The van der Waals surface area contributed by atoms with Crippen molar-refractivity contribution < 1.29 is 41.0 Å². The highest BCUT2D eigenvalue weighted by Gasteiger charge is 2.48. The van der Waals surface area contributed by atoms with Gasteiger partial charge in [-0.15, -0.1) is 0 Å². The summed E-state index contributed by atoms with van der Waals surface area (Å²) in [4.78, 5) is 11.6. The van der Waals surface area contributed by atoms with Crippen molar-refractivity contribution in [1.29, 1.82) is 0 Å². The predicted octanol–water partition coefficient (Wildman–Crippen LogP) is 1.10. The first kappa shape index (κ1) is 20.2. The van der Waals surface area contributed by atoms with Gasteiger partial charge in [0.15, 0.2) is 6.10 Å². The number of aliphatic hydroxyl groups excluding tert-OH is 1. The molecule has 0 saturated carbocycles. The van der Waals surface area contributed by atoms with Crippen molar-refractivity contribution in [2.45, 2.75) is 24.6 Å². The molecule has 0 unspecified atom stereocenters. The van der Waals surface area contributed by atoms with E-state index in [1.165, 1.54) is 43.0 Å². The fourth-order valence-corrected chi connectivity index (χ4v) is 2.46. The number of benzene rings is 1. The van der Waals surface area contributed by atoms with E-state index in [0.29, 0.717) is 5.75 Å². The SMILES string of the molecule is CCOC(=O)[C@@H](O)[C@@H](NS(=O)(=O)C(F)(F)F)c1ccc(OC)cc1. The second-order valence-electron chi connectivity index (χ2n) is 4.51. The van der Waals surface area contributed by atoms with Crippen molar-refractivity contribution in [3.8, 4) is 5.75 Å².